The van der Waals surface area contributed by atoms with Crippen molar-refractivity contribution in [3.05, 3.63) is 21.4 Å². The summed E-state index contributed by atoms with van der Waals surface area (Å²) in [6, 6.07) is 0. The second-order valence-corrected chi connectivity index (χ2v) is 4.04. The van der Waals surface area contributed by atoms with Gasteiger partial charge in [-0.1, -0.05) is 6.92 Å². The van der Waals surface area contributed by atoms with Crippen LogP contribution >= 0.6 is 11.3 Å². The van der Waals surface area contributed by atoms with E-state index < -0.39 is 0 Å². The van der Waals surface area contributed by atoms with Gasteiger partial charge in [0.25, 0.3) is 5.91 Å². The highest BCUT2D eigenvalue weighted by Gasteiger charge is 2.28. The van der Waals surface area contributed by atoms with Crippen LogP contribution in [0.5, 0.6) is 0 Å². The topological polar surface area (TPSA) is 20.3 Å². The van der Waals surface area contributed by atoms with Gasteiger partial charge in [-0.3, -0.25) is 4.79 Å². The van der Waals surface area contributed by atoms with Gasteiger partial charge in [0.2, 0.25) is 0 Å². The molecule has 0 unspecified atom stereocenters. The van der Waals surface area contributed by atoms with Crippen molar-refractivity contribution in [1.29, 1.82) is 0 Å². The quantitative estimate of drug-likeness (QED) is 0.648. The molecule has 0 saturated carbocycles. The number of fused-ring (bicyclic) bond motifs is 1. The molecule has 2 nitrogen and oxygen atoms in total. The molecule has 0 bridgehead atoms. The predicted octanol–water partition coefficient (Wildman–Crippen LogP) is 1.90. The molecule has 0 spiro atoms. The van der Waals surface area contributed by atoms with E-state index >= 15 is 0 Å². The molecule has 64 valence electrons. The van der Waals surface area contributed by atoms with Gasteiger partial charge in [-0.15, -0.1) is 11.3 Å². The first kappa shape index (κ1) is 7.80. The van der Waals surface area contributed by atoms with E-state index in [-0.39, 0.29) is 5.91 Å². The van der Waals surface area contributed by atoms with E-state index in [4.69, 9.17) is 0 Å². The zero-order valence-corrected chi connectivity index (χ0v) is 8.07. The third kappa shape index (κ3) is 0.894. The average molecular weight is 181 g/mol. The number of amides is 1. The van der Waals surface area contributed by atoms with Crippen molar-refractivity contribution in [2.75, 3.05) is 7.05 Å². The smallest absolute Gasteiger partial charge is 0.255 e. The SMILES string of the molecule is CCc1csc2c1C(=O)N(C)C2. The Labute approximate surface area is 75.8 Å². The van der Waals surface area contributed by atoms with Gasteiger partial charge in [-0.25, -0.2) is 0 Å². The molecule has 0 radical (unpaired) electrons. The summed E-state index contributed by atoms with van der Waals surface area (Å²) < 4.78 is 0. The first-order chi connectivity index (χ1) is 5.74. The molecule has 1 aliphatic rings. The molecule has 0 N–H and O–H groups in total. The maximum absolute atomic E-state index is 11.6. The highest BCUT2D eigenvalue weighted by atomic mass is 32.1. The minimum atomic E-state index is 0.197. The molecule has 1 amide bonds. The minimum Gasteiger partial charge on any atom is -0.336 e. The molecule has 1 aliphatic heterocycles. The number of aryl methyl sites for hydroxylation is 1. The maximum atomic E-state index is 11.6. The normalized spacial score (nSPS) is 15.5. The van der Waals surface area contributed by atoms with Crippen LogP contribution in [0.1, 0.15) is 27.7 Å². The van der Waals surface area contributed by atoms with E-state index in [1.165, 1.54) is 10.4 Å². The first-order valence-electron chi connectivity index (χ1n) is 4.08. The Bertz CT molecular complexity index is 329. The van der Waals surface area contributed by atoms with Crippen LogP contribution in [-0.4, -0.2) is 17.9 Å². The van der Waals surface area contributed by atoms with E-state index in [0.717, 1.165) is 18.5 Å². The molecule has 0 aromatic carbocycles. The molecule has 12 heavy (non-hydrogen) atoms. The van der Waals surface area contributed by atoms with Crippen LogP contribution in [0, 0.1) is 0 Å². The van der Waals surface area contributed by atoms with Gasteiger partial charge in [-0.05, 0) is 17.4 Å². The summed E-state index contributed by atoms with van der Waals surface area (Å²) >= 11 is 1.71. The molecule has 2 heterocycles. The monoisotopic (exact) mass is 181 g/mol. The zero-order chi connectivity index (χ0) is 8.72. The fourth-order valence-corrected chi connectivity index (χ4v) is 2.72. The summed E-state index contributed by atoms with van der Waals surface area (Å²) in [5.41, 5.74) is 2.19. The van der Waals surface area contributed by atoms with Gasteiger partial charge in [0.05, 0.1) is 12.1 Å². The Balaban J connectivity index is 2.51. The van der Waals surface area contributed by atoms with Crippen LogP contribution in [0.15, 0.2) is 5.38 Å². The van der Waals surface area contributed by atoms with Crippen LogP contribution in [0.2, 0.25) is 0 Å². The molecular formula is C9H11NOS. The highest BCUT2D eigenvalue weighted by molar-refractivity contribution is 7.10. The fourth-order valence-electron chi connectivity index (χ4n) is 1.55. The van der Waals surface area contributed by atoms with E-state index in [9.17, 15) is 4.79 Å². The van der Waals surface area contributed by atoms with Crippen molar-refractivity contribution in [1.82, 2.24) is 4.90 Å². The largest absolute Gasteiger partial charge is 0.336 e. The van der Waals surface area contributed by atoms with Crippen molar-refractivity contribution < 1.29 is 4.79 Å². The highest BCUT2D eigenvalue weighted by Crippen LogP contribution is 2.30. The summed E-state index contributed by atoms with van der Waals surface area (Å²) in [7, 11) is 1.86. The van der Waals surface area contributed by atoms with Crippen molar-refractivity contribution in [3.8, 4) is 0 Å². The van der Waals surface area contributed by atoms with Gasteiger partial charge < -0.3 is 4.90 Å². The molecule has 0 saturated heterocycles. The van der Waals surface area contributed by atoms with Crippen LogP contribution in [0.4, 0.5) is 0 Å². The Morgan fingerprint density at radius 1 is 1.67 bits per heavy atom. The molecule has 1 aromatic rings. The lowest BCUT2D eigenvalue weighted by Crippen LogP contribution is -2.18. The molecular weight excluding hydrogens is 170 g/mol. The fraction of sp³-hybridized carbons (Fsp3) is 0.444. The van der Waals surface area contributed by atoms with Crippen molar-refractivity contribution >= 4 is 17.2 Å². The van der Waals surface area contributed by atoms with Gasteiger partial charge in [0, 0.05) is 11.9 Å². The summed E-state index contributed by atoms with van der Waals surface area (Å²) in [6.07, 6.45) is 0.964. The van der Waals surface area contributed by atoms with Gasteiger partial charge in [-0.2, -0.15) is 0 Å². The van der Waals surface area contributed by atoms with Crippen molar-refractivity contribution in [2.24, 2.45) is 0 Å². The van der Waals surface area contributed by atoms with Crippen molar-refractivity contribution in [3.63, 3.8) is 0 Å². The van der Waals surface area contributed by atoms with Gasteiger partial charge >= 0.3 is 0 Å². The Morgan fingerprint density at radius 3 is 3.08 bits per heavy atom. The third-order valence-corrected chi connectivity index (χ3v) is 3.29. The number of carbonyl (C=O) groups is 1. The van der Waals surface area contributed by atoms with E-state index in [1.54, 1.807) is 16.2 Å². The van der Waals surface area contributed by atoms with Crippen LogP contribution in [0.25, 0.3) is 0 Å². The third-order valence-electron chi connectivity index (χ3n) is 2.27. The number of nitrogens with zero attached hydrogens (tertiary/aromatic N) is 1. The number of carbonyl (C=O) groups excluding carboxylic acids is 1. The maximum Gasteiger partial charge on any atom is 0.255 e. The molecule has 1 aromatic heterocycles. The van der Waals surface area contributed by atoms with E-state index in [0.29, 0.717) is 0 Å². The van der Waals surface area contributed by atoms with Crippen LogP contribution in [0.3, 0.4) is 0 Å². The zero-order valence-electron chi connectivity index (χ0n) is 7.26. The summed E-state index contributed by atoms with van der Waals surface area (Å²) in [5, 5.41) is 2.11. The lowest BCUT2D eigenvalue weighted by Gasteiger charge is -2.06. The van der Waals surface area contributed by atoms with Crippen LogP contribution < -0.4 is 0 Å². The van der Waals surface area contributed by atoms with Crippen LogP contribution in [-0.2, 0) is 13.0 Å². The lowest BCUT2D eigenvalue weighted by atomic mass is 10.1. The molecule has 3 heteroatoms. The van der Waals surface area contributed by atoms with Gasteiger partial charge in [0.1, 0.15) is 0 Å². The Morgan fingerprint density at radius 2 is 2.42 bits per heavy atom. The van der Waals surface area contributed by atoms with Crippen molar-refractivity contribution in [2.45, 2.75) is 19.9 Å². The Kier molecular flexibility index (Phi) is 1.68. The number of hydrogen-bond donors (Lipinski definition) is 0. The predicted molar refractivity (Wildman–Crippen MR) is 49.5 cm³/mol. The lowest BCUT2D eigenvalue weighted by molar-refractivity contribution is 0.0816. The summed E-state index contributed by atoms with van der Waals surface area (Å²) in [6.45, 7) is 2.90. The van der Waals surface area contributed by atoms with E-state index in [1.807, 2.05) is 7.05 Å². The number of thiophene rings is 1. The molecule has 0 atom stereocenters. The first-order valence-corrected chi connectivity index (χ1v) is 4.96. The molecule has 2 rings (SSSR count). The second kappa shape index (κ2) is 2.59. The summed E-state index contributed by atoms with van der Waals surface area (Å²) in [5.74, 6) is 0.197. The molecule has 0 aliphatic carbocycles. The molecule has 0 fully saturated rings. The minimum absolute atomic E-state index is 0.197. The summed E-state index contributed by atoms with van der Waals surface area (Å²) in [4.78, 5) is 14.6. The standard InChI is InChI=1S/C9H11NOS/c1-3-6-5-12-7-4-10(2)9(11)8(6)7/h5H,3-4H2,1-2H3. The average Bonchev–Trinajstić information content (AvgIpc) is 2.55. The number of rotatable bonds is 1. The van der Waals surface area contributed by atoms with E-state index in [2.05, 4.69) is 12.3 Å². The second-order valence-electron chi connectivity index (χ2n) is 3.07. The van der Waals surface area contributed by atoms with Gasteiger partial charge in [0.15, 0.2) is 0 Å². The number of hydrogen-bond acceptors (Lipinski definition) is 2. The Hall–Kier alpha value is -0.830.